The van der Waals surface area contributed by atoms with E-state index in [2.05, 4.69) is 37.8 Å². The Hall–Kier alpha value is -0.900. The van der Waals surface area contributed by atoms with Crippen molar-refractivity contribution in [2.24, 2.45) is 0 Å². The molecular formula is C17H29NO2. The number of aliphatic hydroxyl groups is 1. The Labute approximate surface area is 123 Å². The molecule has 0 spiro atoms. The van der Waals surface area contributed by atoms with Crippen LogP contribution in [0, 0.1) is 0 Å². The fourth-order valence-electron chi connectivity index (χ4n) is 2.29. The van der Waals surface area contributed by atoms with Crippen LogP contribution in [0.25, 0.3) is 0 Å². The molecule has 1 atom stereocenters. The van der Waals surface area contributed by atoms with E-state index < -0.39 is 6.10 Å². The first kappa shape index (κ1) is 17.2. The highest BCUT2D eigenvalue weighted by atomic mass is 16.5. The lowest BCUT2D eigenvalue weighted by atomic mass is 10.0. The minimum atomic E-state index is -0.440. The van der Waals surface area contributed by atoms with Crippen molar-refractivity contribution in [2.75, 3.05) is 26.8 Å². The number of aryl methyl sites for hydroxylation is 1. The van der Waals surface area contributed by atoms with Crippen LogP contribution >= 0.6 is 0 Å². The fourth-order valence-corrected chi connectivity index (χ4v) is 2.29. The Balaban J connectivity index is 2.60. The Kier molecular flexibility index (Phi) is 7.82. The van der Waals surface area contributed by atoms with Crippen LogP contribution in [0.5, 0.6) is 0 Å². The van der Waals surface area contributed by atoms with Crippen molar-refractivity contribution in [3.05, 3.63) is 35.4 Å². The number of hydrogen-bond acceptors (Lipinski definition) is 3. The minimum Gasteiger partial charge on any atom is -0.387 e. The Bertz CT molecular complexity index is 362. The van der Waals surface area contributed by atoms with Crippen LogP contribution in [-0.4, -0.2) is 42.9 Å². The van der Waals surface area contributed by atoms with Crippen LogP contribution in [0.15, 0.2) is 24.3 Å². The molecule has 1 rings (SSSR count). The molecule has 114 valence electrons. The van der Waals surface area contributed by atoms with E-state index in [9.17, 15) is 5.11 Å². The first-order chi connectivity index (χ1) is 9.58. The van der Waals surface area contributed by atoms with Crippen molar-refractivity contribution in [1.29, 1.82) is 0 Å². The van der Waals surface area contributed by atoms with Gasteiger partial charge in [0.25, 0.3) is 0 Å². The van der Waals surface area contributed by atoms with E-state index in [4.69, 9.17) is 4.74 Å². The molecule has 3 heteroatoms. The summed E-state index contributed by atoms with van der Waals surface area (Å²) >= 11 is 0. The van der Waals surface area contributed by atoms with Crippen LogP contribution in [0.3, 0.4) is 0 Å². The zero-order valence-corrected chi connectivity index (χ0v) is 13.3. The lowest BCUT2D eigenvalue weighted by Gasteiger charge is -2.28. The first-order valence-electron chi connectivity index (χ1n) is 7.58. The van der Waals surface area contributed by atoms with E-state index in [0.717, 1.165) is 24.9 Å². The summed E-state index contributed by atoms with van der Waals surface area (Å²) in [4.78, 5) is 2.24. The molecule has 1 aromatic carbocycles. The molecule has 0 aliphatic rings. The van der Waals surface area contributed by atoms with Crippen LogP contribution in [0.1, 0.15) is 44.4 Å². The summed E-state index contributed by atoms with van der Waals surface area (Å²) in [6.45, 7) is 8.66. The molecule has 0 aliphatic carbocycles. The molecule has 1 N–H and O–H groups in total. The van der Waals surface area contributed by atoms with Crippen LogP contribution < -0.4 is 0 Å². The molecule has 0 radical (unpaired) electrons. The second kappa shape index (κ2) is 9.11. The van der Waals surface area contributed by atoms with E-state index in [-0.39, 0.29) is 0 Å². The third-order valence-electron chi connectivity index (χ3n) is 3.62. The second-order valence-corrected chi connectivity index (χ2v) is 5.59. The maximum absolute atomic E-state index is 10.4. The molecule has 0 bridgehead atoms. The van der Waals surface area contributed by atoms with Gasteiger partial charge in [-0.3, -0.25) is 4.90 Å². The van der Waals surface area contributed by atoms with E-state index in [1.54, 1.807) is 7.11 Å². The van der Waals surface area contributed by atoms with Crippen LogP contribution in [-0.2, 0) is 11.2 Å². The van der Waals surface area contributed by atoms with Crippen molar-refractivity contribution < 1.29 is 9.84 Å². The molecule has 0 fully saturated rings. The monoisotopic (exact) mass is 279 g/mol. The van der Waals surface area contributed by atoms with Crippen molar-refractivity contribution in [2.45, 2.75) is 45.8 Å². The zero-order chi connectivity index (χ0) is 15.0. The number of hydrogen-bond donors (Lipinski definition) is 1. The summed E-state index contributed by atoms with van der Waals surface area (Å²) in [7, 11) is 1.71. The Morgan fingerprint density at radius 2 is 1.85 bits per heavy atom. The molecule has 0 aliphatic heterocycles. The average Bonchev–Trinajstić information content (AvgIpc) is 2.44. The molecule has 0 saturated carbocycles. The summed E-state index contributed by atoms with van der Waals surface area (Å²) in [6, 6.07) is 8.74. The topological polar surface area (TPSA) is 32.7 Å². The molecular weight excluding hydrogens is 250 g/mol. The number of benzene rings is 1. The summed E-state index contributed by atoms with van der Waals surface area (Å²) in [5.41, 5.74) is 2.33. The van der Waals surface area contributed by atoms with Gasteiger partial charge in [-0.1, -0.05) is 37.6 Å². The van der Waals surface area contributed by atoms with Gasteiger partial charge >= 0.3 is 0 Å². The van der Waals surface area contributed by atoms with E-state index in [1.807, 2.05) is 12.1 Å². The van der Waals surface area contributed by atoms with Crippen molar-refractivity contribution in [3.63, 3.8) is 0 Å². The maximum Gasteiger partial charge on any atom is 0.0917 e. The summed E-state index contributed by atoms with van der Waals surface area (Å²) in [6.07, 6.45) is 1.81. The van der Waals surface area contributed by atoms with Gasteiger partial charge in [0.1, 0.15) is 0 Å². The minimum absolute atomic E-state index is 0.402. The first-order valence-corrected chi connectivity index (χ1v) is 7.58. The standard InChI is InChI=1S/C17H29NO2/c1-5-6-15-7-9-16(10-8-15)17(19)13-18(14(2)3)11-12-20-4/h7-10,14,17,19H,5-6,11-13H2,1-4H3. The van der Waals surface area contributed by atoms with Gasteiger partial charge in [0.2, 0.25) is 0 Å². The predicted octanol–water partition coefficient (Wildman–Crippen LogP) is 3.03. The highest BCUT2D eigenvalue weighted by Gasteiger charge is 2.15. The van der Waals surface area contributed by atoms with Crippen molar-refractivity contribution >= 4 is 0 Å². The molecule has 1 unspecified atom stereocenters. The van der Waals surface area contributed by atoms with E-state index >= 15 is 0 Å². The van der Waals surface area contributed by atoms with Gasteiger partial charge in [0.05, 0.1) is 12.7 Å². The third kappa shape index (κ3) is 5.61. The van der Waals surface area contributed by atoms with Crippen molar-refractivity contribution in [3.8, 4) is 0 Å². The summed E-state index contributed by atoms with van der Waals surface area (Å²) < 4.78 is 5.13. The van der Waals surface area contributed by atoms with Crippen molar-refractivity contribution in [1.82, 2.24) is 4.90 Å². The van der Waals surface area contributed by atoms with Crippen LogP contribution in [0.2, 0.25) is 0 Å². The van der Waals surface area contributed by atoms with Gasteiger partial charge in [0, 0.05) is 26.2 Å². The maximum atomic E-state index is 10.4. The number of aliphatic hydroxyl groups excluding tert-OH is 1. The van der Waals surface area contributed by atoms with Gasteiger partial charge < -0.3 is 9.84 Å². The van der Waals surface area contributed by atoms with Gasteiger partial charge in [-0.05, 0) is 31.4 Å². The Morgan fingerprint density at radius 1 is 1.20 bits per heavy atom. The number of nitrogens with zero attached hydrogens (tertiary/aromatic N) is 1. The predicted molar refractivity (Wildman–Crippen MR) is 84.0 cm³/mol. The lowest BCUT2D eigenvalue weighted by molar-refractivity contribution is 0.0721. The van der Waals surface area contributed by atoms with Gasteiger partial charge in [0.15, 0.2) is 0 Å². The van der Waals surface area contributed by atoms with E-state index in [0.29, 0.717) is 19.2 Å². The molecule has 3 nitrogen and oxygen atoms in total. The lowest BCUT2D eigenvalue weighted by Crippen LogP contribution is -2.37. The van der Waals surface area contributed by atoms with E-state index in [1.165, 1.54) is 5.56 Å². The largest absolute Gasteiger partial charge is 0.387 e. The van der Waals surface area contributed by atoms with Gasteiger partial charge in [-0.15, -0.1) is 0 Å². The summed E-state index contributed by atoms with van der Waals surface area (Å²) in [5.74, 6) is 0. The van der Waals surface area contributed by atoms with Gasteiger partial charge in [-0.2, -0.15) is 0 Å². The quantitative estimate of drug-likeness (QED) is 0.754. The smallest absolute Gasteiger partial charge is 0.0917 e. The number of rotatable bonds is 9. The average molecular weight is 279 g/mol. The highest BCUT2D eigenvalue weighted by Crippen LogP contribution is 2.17. The molecule has 0 amide bonds. The molecule has 1 aromatic rings. The van der Waals surface area contributed by atoms with Gasteiger partial charge in [-0.25, -0.2) is 0 Å². The fraction of sp³-hybridized carbons (Fsp3) is 0.647. The second-order valence-electron chi connectivity index (χ2n) is 5.59. The molecule has 20 heavy (non-hydrogen) atoms. The molecule has 0 aromatic heterocycles. The zero-order valence-electron chi connectivity index (χ0n) is 13.3. The normalized spacial score (nSPS) is 13.2. The highest BCUT2D eigenvalue weighted by molar-refractivity contribution is 5.24. The summed E-state index contributed by atoms with van der Waals surface area (Å²) in [5, 5.41) is 10.4. The molecule has 0 saturated heterocycles. The third-order valence-corrected chi connectivity index (χ3v) is 3.62. The van der Waals surface area contributed by atoms with Crippen LogP contribution in [0.4, 0.5) is 0 Å². The molecule has 0 heterocycles. The number of methoxy groups -OCH3 is 1. The number of ether oxygens (including phenoxy) is 1. The SMILES string of the molecule is CCCc1ccc(C(O)CN(CCOC)C(C)C)cc1. The Morgan fingerprint density at radius 3 is 2.35 bits per heavy atom.